The lowest BCUT2D eigenvalue weighted by Crippen LogP contribution is -2.42. The molecule has 1 aromatic rings. The van der Waals surface area contributed by atoms with E-state index in [4.69, 9.17) is 5.73 Å². The molecule has 5 N–H and O–H groups in total. The summed E-state index contributed by atoms with van der Waals surface area (Å²) in [4.78, 5) is 23.4. The molecule has 1 fully saturated rings. The standard InChI is InChI=1S/C27H46N4O2S/c1-2-3-4-5-6-7-8-9-10-11-12-13-14-15-20-29-25(32)24-21-34-26(31-24)22-16-18-23(19-17-22)30-27(28)33/h16-19,24,26,31H,2-15,20-21H2,1H3,(H,29,32)(H3,28,30,33)/t24-,26?/m0/s1. The Balaban J connectivity index is 1.44. The van der Waals surface area contributed by atoms with Gasteiger partial charge in [0.05, 0.1) is 11.4 Å². The minimum absolute atomic E-state index is 0.0828. The van der Waals surface area contributed by atoms with Crippen molar-refractivity contribution in [3.8, 4) is 0 Å². The maximum Gasteiger partial charge on any atom is 0.316 e. The Kier molecular flexibility index (Phi) is 14.8. The molecule has 34 heavy (non-hydrogen) atoms. The second kappa shape index (κ2) is 17.7. The van der Waals surface area contributed by atoms with Crippen LogP contribution in [0.25, 0.3) is 0 Å². The Hall–Kier alpha value is -1.73. The van der Waals surface area contributed by atoms with E-state index in [9.17, 15) is 9.59 Å². The van der Waals surface area contributed by atoms with Crippen molar-refractivity contribution in [3.63, 3.8) is 0 Å². The molecular weight excluding hydrogens is 444 g/mol. The fourth-order valence-corrected chi connectivity index (χ4v) is 5.60. The Morgan fingerprint density at radius 2 is 1.41 bits per heavy atom. The number of hydrogen-bond donors (Lipinski definition) is 4. The van der Waals surface area contributed by atoms with E-state index in [1.807, 2.05) is 24.3 Å². The summed E-state index contributed by atoms with van der Waals surface area (Å²) in [5, 5.41) is 9.14. The first-order valence-electron chi connectivity index (χ1n) is 13.4. The van der Waals surface area contributed by atoms with Crippen molar-refractivity contribution in [2.75, 3.05) is 17.6 Å². The summed E-state index contributed by atoms with van der Waals surface area (Å²) in [5.41, 5.74) is 6.89. The van der Waals surface area contributed by atoms with Crippen molar-refractivity contribution in [1.82, 2.24) is 10.6 Å². The maximum absolute atomic E-state index is 12.5. The van der Waals surface area contributed by atoms with Gasteiger partial charge in [0.1, 0.15) is 0 Å². The number of nitrogens with two attached hydrogens (primary N) is 1. The predicted molar refractivity (Wildman–Crippen MR) is 145 cm³/mol. The smallest absolute Gasteiger partial charge is 0.316 e. The first kappa shape index (κ1) is 28.5. The zero-order valence-corrected chi connectivity index (χ0v) is 21.9. The van der Waals surface area contributed by atoms with Gasteiger partial charge in [-0.25, -0.2) is 4.79 Å². The van der Waals surface area contributed by atoms with Crippen molar-refractivity contribution in [2.24, 2.45) is 5.73 Å². The number of carbonyl (C=O) groups excluding carboxylic acids is 2. The lowest BCUT2D eigenvalue weighted by atomic mass is 10.0. The molecule has 0 bridgehead atoms. The van der Waals surface area contributed by atoms with Crippen LogP contribution in [0, 0.1) is 0 Å². The largest absolute Gasteiger partial charge is 0.355 e. The third-order valence-corrected chi connectivity index (χ3v) is 7.68. The minimum Gasteiger partial charge on any atom is -0.355 e. The molecule has 7 heteroatoms. The zero-order valence-electron chi connectivity index (χ0n) is 21.1. The van der Waals surface area contributed by atoms with Gasteiger partial charge in [0.15, 0.2) is 0 Å². The van der Waals surface area contributed by atoms with Crippen molar-refractivity contribution in [3.05, 3.63) is 29.8 Å². The van der Waals surface area contributed by atoms with Gasteiger partial charge in [-0.05, 0) is 24.1 Å². The monoisotopic (exact) mass is 490 g/mol. The van der Waals surface area contributed by atoms with Gasteiger partial charge in [0, 0.05) is 18.0 Å². The Labute approximate surface area is 211 Å². The highest BCUT2D eigenvalue weighted by Crippen LogP contribution is 2.33. The van der Waals surface area contributed by atoms with E-state index in [2.05, 4.69) is 22.9 Å². The van der Waals surface area contributed by atoms with Crippen LogP contribution in [0.5, 0.6) is 0 Å². The molecule has 0 saturated carbocycles. The highest BCUT2D eigenvalue weighted by Gasteiger charge is 2.30. The van der Waals surface area contributed by atoms with E-state index in [0.717, 1.165) is 24.3 Å². The second-order valence-corrected chi connectivity index (χ2v) is 10.6. The van der Waals surface area contributed by atoms with Gasteiger partial charge in [-0.1, -0.05) is 103 Å². The van der Waals surface area contributed by atoms with Gasteiger partial charge in [0.2, 0.25) is 5.91 Å². The first-order chi connectivity index (χ1) is 16.6. The van der Waals surface area contributed by atoms with E-state index in [1.54, 1.807) is 11.8 Å². The molecule has 0 aromatic heterocycles. The summed E-state index contributed by atoms with van der Waals surface area (Å²) in [6.45, 7) is 3.04. The molecule has 0 radical (unpaired) electrons. The molecule has 1 unspecified atom stereocenters. The maximum atomic E-state index is 12.5. The van der Waals surface area contributed by atoms with Crippen LogP contribution in [-0.2, 0) is 4.79 Å². The molecule has 1 aliphatic rings. The third kappa shape index (κ3) is 12.1. The molecule has 3 amide bonds. The van der Waals surface area contributed by atoms with E-state index in [0.29, 0.717) is 5.69 Å². The summed E-state index contributed by atoms with van der Waals surface area (Å²) in [6.07, 6.45) is 18.8. The molecule has 1 aromatic carbocycles. The van der Waals surface area contributed by atoms with E-state index < -0.39 is 6.03 Å². The van der Waals surface area contributed by atoms with Crippen LogP contribution in [0.3, 0.4) is 0 Å². The van der Waals surface area contributed by atoms with Gasteiger partial charge in [-0.15, -0.1) is 11.8 Å². The molecule has 2 rings (SSSR count). The predicted octanol–water partition coefficient (Wildman–Crippen LogP) is 6.48. The number of urea groups is 1. The number of rotatable bonds is 18. The molecule has 1 heterocycles. The molecule has 2 atom stereocenters. The lowest BCUT2D eigenvalue weighted by Gasteiger charge is -2.14. The zero-order chi connectivity index (χ0) is 24.4. The molecule has 0 aliphatic carbocycles. The summed E-state index contributed by atoms with van der Waals surface area (Å²) in [7, 11) is 0. The Morgan fingerprint density at radius 1 is 0.882 bits per heavy atom. The number of amides is 3. The van der Waals surface area contributed by atoms with Gasteiger partial charge >= 0.3 is 6.03 Å². The van der Waals surface area contributed by atoms with Crippen LogP contribution in [0.15, 0.2) is 24.3 Å². The second-order valence-electron chi connectivity index (χ2n) is 9.43. The average molecular weight is 491 g/mol. The van der Waals surface area contributed by atoms with Crippen LogP contribution >= 0.6 is 11.8 Å². The van der Waals surface area contributed by atoms with E-state index >= 15 is 0 Å². The van der Waals surface area contributed by atoms with Crippen molar-refractivity contribution < 1.29 is 9.59 Å². The van der Waals surface area contributed by atoms with Crippen molar-refractivity contribution in [1.29, 1.82) is 0 Å². The van der Waals surface area contributed by atoms with Crippen molar-refractivity contribution in [2.45, 2.75) is 108 Å². The van der Waals surface area contributed by atoms with Crippen LogP contribution in [-0.4, -0.2) is 30.3 Å². The number of hydrogen-bond acceptors (Lipinski definition) is 4. The van der Waals surface area contributed by atoms with Crippen molar-refractivity contribution >= 4 is 29.4 Å². The number of anilines is 1. The Bertz CT molecular complexity index is 698. The number of carbonyl (C=O) groups is 2. The van der Waals surface area contributed by atoms with Gasteiger partial charge in [-0.3, -0.25) is 10.1 Å². The van der Waals surface area contributed by atoms with Crippen LogP contribution < -0.4 is 21.7 Å². The fraction of sp³-hybridized carbons (Fsp3) is 0.704. The molecule has 1 aliphatic heterocycles. The van der Waals surface area contributed by atoms with E-state index in [-0.39, 0.29) is 17.3 Å². The van der Waals surface area contributed by atoms with Gasteiger partial charge < -0.3 is 16.4 Å². The molecule has 0 spiro atoms. The number of thioether (sulfide) groups is 1. The van der Waals surface area contributed by atoms with Crippen LogP contribution in [0.1, 0.15) is 108 Å². The molecule has 1 saturated heterocycles. The highest BCUT2D eigenvalue weighted by molar-refractivity contribution is 7.99. The van der Waals surface area contributed by atoms with Crippen LogP contribution in [0.4, 0.5) is 10.5 Å². The first-order valence-corrected chi connectivity index (χ1v) is 14.5. The summed E-state index contributed by atoms with van der Waals surface area (Å²) >= 11 is 1.73. The highest BCUT2D eigenvalue weighted by atomic mass is 32.2. The topological polar surface area (TPSA) is 96.2 Å². The number of nitrogens with one attached hydrogen (secondary N) is 3. The molecule has 6 nitrogen and oxygen atoms in total. The summed E-state index contributed by atoms with van der Waals surface area (Å²) in [6, 6.07) is 6.81. The SMILES string of the molecule is CCCCCCCCCCCCCCCCNC(=O)[C@@H]1CSC(c2ccc(NC(N)=O)cc2)N1. The normalized spacial score (nSPS) is 17.6. The summed E-state index contributed by atoms with van der Waals surface area (Å²) < 4.78 is 0. The Morgan fingerprint density at radius 3 is 1.94 bits per heavy atom. The number of unbranched alkanes of at least 4 members (excludes halogenated alkanes) is 13. The number of benzene rings is 1. The molecule has 192 valence electrons. The fourth-order valence-electron chi connectivity index (χ4n) is 4.35. The quantitative estimate of drug-likeness (QED) is 0.177. The molecular formula is C27H46N4O2S. The van der Waals surface area contributed by atoms with Gasteiger partial charge in [-0.2, -0.15) is 0 Å². The van der Waals surface area contributed by atoms with E-state index in [1.165, 1.54) is 83.5 Å². The summed E-state index contributed by atoms with van der Waals surface area (Å²) in [5.74, 6) is 0.855. The lowest BCUT2D eigenvalue weighted by molar-refractivity contribution is -0.122. The minimum atomic E-state index is -0.573. The third-order valence-electron chi connectivity index (χ3n) is 6.41. The van der Waals surface area contributed by atoms with Crippen LogP contribution in [0.2, 0.25) is 0 Å². The average Bonchev–Trinajstić information content (AvgIpc) is 3.32. The van der Waals surface area contributed by atoms with Gasteiger partial charge in [0.25, 0.3) is 0 Å². The number of primary amides is 1.